The van der Waals surface area contributed by atoms with E-state index in [0.717, 1.165) is 0 Å². The lowest BCUT2D eigenvalue weighted by atomic mass is 9.85. The summed E-state index contributed by atoms with van der Waals surface area (Å²) in [5, 5.41) is 11.4. The van der Waals surface area contributed by atoms with Crippen LogP contribution in [0, 0.1) is 10.1 Å². The lowest BCUT2D eigenvalue weighted by Gasteiger charge is -2.19. The third-order valence-corrected chi connectivity index (χ3v) is 4.21. The van der Waals surface area contributed by atoms with E-state index in [4.69, 9.17) is 5.73 Å². The summed E-state index contributed by atoms with van der Waals surface area (Å²) in [7, 11) is 0. The number of aromatic nitrogens is 2. The smallest absolute Gasteiger partial charge is 0.277 e. The van der Waals surface area contributed by atoms with Crippen LogP contribution in [-0.4, -0.2) is 26.5 Å². The van der Waals surface area contributed by atoms with Crippen molar-refractivity contribution in [1.29, 1.82) is 0 Å². The maximum atomic E-state index is 13.0. The Morgan fingerprint density at radius 1 is 0.846 bits per heavy atom. The molecule has 3 aromatic rings. The van der Waals surface area contributed by atoms with Crippen molar-refractivity contribution in [2.75, 3.05) is 5.73 Å². The molecule has 0 unspecified atom stereocenters. The number of rotatable bonds is 2. The molecule has 2 N–H and O–H groups in total. The van der Waals surface area contributed by atoms with Crippen molar-refractivity contribution in [2.45, 2.75) is 0 Å². The first-order valence-electron chi connectivity index (χ1n) is 7.57. The first-order valence-corrected chi connectivity index (χ1v) is 7.57. The van der Waals surface area contributed by atoms with Crippen LogP contribution < -0.4 is 5.73 Å². The first-order chi connectivity index (χ1) is 12.5. The Morgan fingerprint density at radius 3 is 2.19 bits per heavy atom. The van der Waals surface area contributed by atoms with Gasteiger partial charge in [-0.1, -0.05) is 12.1 Å². The fourth-order valence-electron chi connectivity index (χ4n) is 3.07. The van der Waals surface area contributed by atoms with Gasteiger partial charge in [0.2, 0.25) is 11.6 Å². The van der Waals surface area contributed by atoms with Crippen LogP contribution in [0.2, 0.25) is 0 Å². The summed E-state index contributed by atoms with van der Waals surface area (Å²) in [6.45, 7) is 0. The van der Waals surface area contributed by atoms with Crippen LogP contribution in [-0.2, 0) is 0 Å². The lowest BCUT2D eigenvalue weighted by molar-refractivity contribution is -0.384. The minimum absolute atomic E-state index is 0.00241. The van der Waals surface area contributed by atoms with E-state index in [1.165, 1.54) is 42.7 Å². The van der Waals surface area contributed by atoms with E-state index >= 15 is 0 Å². The van der Waals surface area contributed by atoms with Gasteiger partial charge in [0.25, 0.3) is 5.69 Å². The van der Waals surface area contributed by atoms with Crippen LogP contribution in [0.5, 0.6) is 0 Å². The molecule has 8 heteroatoms. The fourth-order valence-corrected chi connectivity index (χ4v) is 3.07. The molecule has 4 rings (SSSR count). The molecule has 126 valence electrons. The molecular weight excluding hydrogens is 336 g/mol. The van der Waals surface area contributed by atoms with Gasteiger partial charge in [0.1, 0.15) is 11.4 Å². The number of para-hydroxylation sites is 1. The van der Waals surface area contributed by atoms with E-state index in [1.807, 2.05) is 0 Å². The molecule has 0 saturated carbocycles. The van der Waals surface area contributed by atoms with E-state index in [0.29, 0.717) is 0 Å². The zero-order valence-electron chi connectivity index (χ0n) is 13.2. The van der Waals surface area contributed by atoms with Gasteiger partial charge < -0.3 is 5.73 Å². The number of anilines is 1. The highest BCUT2D eigenvalue weighted by Crippen LogP contribution is 2.37. The van der Waals surface area contributed by atoms with Gasteiger partial charge in [0, 0.05) is 29.7 Å². The van der Waals surface area contributed by atoms with Crippen molar-refractivity contribution in [2.24, 2.45) is 0 Å². The molecule has 0 bridgehead atoms. The van der Waals surface area contributed by atoms with Gasteiger partial charge in [0.05, 0.1) is 21.6 Å². The van der Waals surface area contributed by atoms with Crippen LogP contribution >= 0.6 is 0 Å². The summed E-state index contributed by atoms with van der Waals surface area (Å²) in [6.07, 6.45) is 2.68. The second kappa shape index (κ2) is 5.55. The molecule has 1 aromatic carbocycles. The van der Waals surface area contributed by atoms with Gasteiger partial charge in [-0.2, -0.15) is 0 Å². The Balaban J connectivity index is 2.04. The van der Waals surface area contributed by atoms with Crippen molar-refractivity contribution in [3.63, 3.8) is 0 Å². The number of benzene rings is 1. The first kappa shape index (κ1) is 15.6. The molecule has 2 aromatic heterocycles. The minimum Gasteiger partial charge on any atom is -0.398 e. The van der Waals surface area contributed by atoms with E-state index in [9.17, 15) is 19.7 Å². The second-order valence-corrected chi connectivity index (χ2v) is 5.64. The minimum atomic E-state index is -0.540. The van der Waals surface area contributed by atoms with Gasteiger partial charge in [-0.3, -0.25) is 29.7 Å². The maximum absolute atomic E-state index is 13.0. The summed E-state index contributed by atoms with van der Waals surface area (Å²) in [4.78, 5) is 44.6. The number of nitrogens with two attached hydrogens (primary N) is 1. The molecule has 0 saturated heterocycles. The number of ketones is 2. The van der Waals surface area contributed by atoms with Crippen molar-refractivity contribution in [3.8, 4) is 11.1 Å². The lowest BCUT2D eigenvalue weighted by Crippen LogP contribution is -2.25. The van der Waals surface area contributed by atoms with Crippen molar-refractivity contribution >= 4 is 22.9 Å². The molecule has 0 fully saturated rings. The van der Waals surface area contributed by atoms with E-state index in [1.54, 1.807) is 6.07 Å². The number of nitro groups is 1. The molecule has 0 amide bonds. The molecule has 0 aliphatic heterocycles. The number of carbonyl (C=O) groups excluding carboxylic acids is 2. The van der Waals surface area contributed by atoms with E-state index < -0.39 is 16.5 Å². The van der Waals surface area contributed by atoms with Crippen LogP contribution in [0.4, 0.5) is 11.4 Å². The third kappa shape index (κ3) is 2.09. The topological polar surface area (TPSA) is 129 Å². The van der Waals surface area contributed by atoms with Gasteiger partial charge in [-0.25, -0.2) is 0 Å². The van der Waals surface area contributed by atoms with Crippen molar-refractivity contribution < 1.29 is 14.5 Å². The fraction of sp³-hybridized carbons (Fsp3) is 0. The van der Waals surface area contributed by atoms with Gasteiger partial charge >= 0.3 is 0 Å². The predicted molar refractivity (Wildman–Crippen MR) is 91.8 cm³/mol. The highest BCUT2D eigenvalue weighted by atomic mass is 16.6. The Kier molecular flexibility index (Phi) is 3.33. The standard InChI is InChI=1S/C18H10N4O4/c19-11-6-8-21-16-14(11)18(24)15-13(17(16)23)10(5-7-20-15)9-3-1-2-4-12(9)22(25)26/h1-8H,(H2,19,21). The Morgan fingerprint density at radius 2 is 1.46 bits per heavy atom. The highest BCUT2D eigenvalue weighted by Gasteiger charge is 2.36. The molecule has 1 aliphatic carbocycles. The molecule has 0 radical (unpaired) electrons. The zero-order chi connectivity index (χ0) is 18.4. The molecule has 2 heterocycles. The normalized spacial score (nSPS) is 12.5. The SMILES string of the molecule is Nc1ccnc2c1C(=O)c1nccc(-c3ccccc3[N+](=O)[O-])c1C2=O. The van der Waals surface area contributed by atoms with Crippen LogP contribution in [0.15, 0.2) is 48.8 Å². The molecule has 1 aliphatic rings. The summed E-state index contributed by atoms with van der Waals surface area (Å²) >= 11 is 0. The number of nitrogen functional groups attached to an aromatic ring is 1. The average molecular weight is 346 g/mol. The largest absolute Gasteiger partial charge is 0.398 e. The van der Waals surface area contributed by atoms with Crippen LogP contribution in [0.25, 0.3) is 11.1 Å². The van der Waals surface area contributed by atoms with Gasteiger partial charge in [-0.15, -0.1) is 0 Å². The summed E-state index contributed by atoms with van der Waals surface area (Å²) in [5.74, 6) is -1.07. The number of pyridine rings is 2. The predicted octanol–water partition coefficient (Wildman–Crippen LogP) is 2.41. The number of hydrogen-bond acceptors (Lipinski definition) is 7. The molecular formula is C18H10N4O4. The van der Waals surface area contributed by atoms with Crippen molar-refractivity contribution in [1.82, 2.24) is 9.97 Å². The number of hydrogen-bond donors (Lipinski definition) is 1. The quantitative estimate of drug-likeness (QED) is 0.436. The number of fused-ring (bicyclic) bond motifs is 2. The van der Waals surface area contributed by atoms with Crippen LogP contribution in [0.1, 0.15) is 32.1 Å². The summed E-state index contributed by atoms with van der Waals surface area (Å²) in [6, 6.07) is 8.91. The summed E-state index contributed by atoms with van der Waals surface area (Å²) in [5.41, 5.74) is 6.13. The van der Waals surface area contributed by atoms with Gasteiger partial charge in [0.15, 0.2) is 0 Å². The Labute approximate surface area is 146 Å². The number of nitrogens with zero attached hydrogens (tertiary/aromatic N) is 3. The van der Waals surface area contributed by atoms with Gasteiger partial charge in [-0.05, 0) is 18.2 Å². The van der Waals surface area contributed by atoms with E-state index in [2.05, 4.69) is 9.97 Å². The Bertz CT molecular complexity index is 1120. The number of carbonyl (C=O) groups is 2. The highest BCUT2D eigenvalue weighted by molar-refractivity contribution is 6.30. The average Bonchev–Trinajstić information content (AvgIpc) is 2.65. The van der Waals surface area contributed by atoms with E-state index in [-0.39, 0.29) is 45.0 Å². The third-order valence-electron chi connectivity index (χ3n) is 4.21. The molecule has 8 nitrogen and oxygen atoms in total. The maximum Gasteiger partial charge on any atom is 0.277 e. The molecule has 26 heavy (non-hydrogen) atoms. The molecule has 0 atom stereocenters. The number of nitro benzene ring substituents is 1. The second-order valence-electron chi connectivity index (χ2n) is 5.64. The Hall–Kier alpha value is -3.94. The van der Waals surface area contributed by atoms with Crippen LogP contribution in [0.3, 0.4) is 0 Å². The monoisotopic (exact) mass is 346 g/mol. The summed E-state index contributed by atoms with van der Waals surface area (Å²) < 4.78 is 0. The zero-order valence-corrected chi connectivity index (χ0v) is 13.2. The molecule has 0 spiro atoms. The van der Waals surface area contributed by atoms with Crippen molar-refractivity contribution in [3.05, 3.63) is 81.4 Å².